The van der Waals surface area contributed by atoms with Crippen molar-refractivity contribution < 1.29 is 9.90 Å². The molecule has 150 valence electrons. The van der Waals surface area contributed by atoms with Gasteiger partial charge in [0.15, 0.2) is 5.69 Å². The van der Waals surface area contributed by atoms with Gasteiger partial charge in [0.05, 0.1) is 5.60 Å². The third-order valence-corrected chi connectivity index (χ3v) is 6.75. The normalized spacial score (nSPS) is 24.8. The summed E-state index contributed by atoms with van der Waals surface area (Å²) in [5.41, 5.74) is 2.53. The first-order valence-electron chi connectivity index (χ1n) is 10.9. The molecule has 2 fully saturated rings. The van der Waals surface area contributed by atoms with Gasteiger partial charge in [-0.1, -0.05) is 19.3 Å². The number of aryl methyl sites for hydroxylation is 1. The molecule has 0 aromatic carbocycles. The van der Waals surface area contributed by atoms with Gasteiger partial charge in [0.1, 0.15) is 0 Å². The number of amides is 1. The molecule has 1 aliphatic heterocycles. The van der Waals surface area contributed by atoms with Gasteiger partial charge in [-0.05, 0) is 51.9 Å². The summed E-state index contributed by atoms with van der Waals surface area (Å²) in [6.07, 6.45) is 10.4. The molecule has 1 aromatic heterocycles. The standard InChI is InChI=1S/C21H34N4O2/c1-2-25-18-9-8-16(22-15-21(27)10-4-3-5-11-21)14-17(18)19(23-25)20(26)24-12-6-7-13-24/h16,22,27H,2-15H2,1H3/t16-/m0/s1. The van der Waals surface area contributed by atoms with E-state index in [9.17, 15) is 9.90 Å². The Bertz CT molecular complexity index is 672. The van der Waals surface area contributed by atoms with E-state index in [0.717, 1.165) is 83.0 Å². The van der Waals surface area contributed by atoms with E-state index >= 15 is 0 Å². The first kappa shape index (κ1) is 18.9. The number of likely N-dealkylation sites (tertiary alicyclic amines) is 1. The highest BCUT2D eigenvalue weighted by molar-refractivity contribution is 5.94. The van der Waals surface area contributed by atoms with E-state index in [1.807, 2.05) is 9.58 Å². The van der Waals surface area contributed by atoms with Gasteiger partial charge in [-0.2, -0.15) is 5.10 Å². The van der Waals surface area contributed by atoms with Crippen LogP contribution in [0.3, 0.4) is 0 Å². The second kappa shape index (κ2) is 7.92. The summed E-state index contributed by atoms with van der Waals surface area (Å²) in [6, 6.07) is 0.322. The summed E-state index contributed by atoms with van der Waals surface area (Å²) in [5, 5.41) is 19.1. The average molecular weight is 375 g/mol. The molecular weight excluding hydrogens is 340 g/mol. The van der Waals surface area contributed by atoms with Crippen LogP contribution in [0.4, 0.5) is 0 Å². The van der Waals surface area contributed by atoms with Gasteiger partial charge in [-0.25, -0.2) is 0 Å². The summed E-state index contributed by atoms with van der Waals surface area (Å²) >= 11 is 0. The van der Waals surface area contributed by atoms with E-state index < -0.39 is 5.60 Å². The number of nitrogens with zero attached hydrogens (tertiary/aromatic N) is 3. The fraction of sp³-hybridized carbons (Fsp3) is 0.810. The van der Waals surface area contributed by atoms with Crippen LogP contribution in [-0.2, 0) is 19.4 Å². The molecule has 27 heavy (non-hydrogen) atoms. The Hall–Kier alpha value is -1.40. The van der Waals surface area contributed by atoms with Gasteiger partial charge in [0.25, 0.3) is 5.91 Å². The van der Waals surface area contributed by atoms with E-state index in [1.165, 1.54) is 12.1 Å². The molecule has 0 spiro atoms. The topological polar surface area (TPSA) is 70.4 Å². The van der Waals surface area contributed by atoms with Crippen molar-refractivity contribution in [2.45, 2.75) is 89.3 Å². The Morgan fingerprint density at radius 1 is 1.22 bits per heavy atom. The minimum absolute atomic E-state index is 0.113. The minimum Gasteiger partial charge on any atom is -0.389 e. The number of rotatable bonds is 5. The fourth-order valence-corrected chi connectivity index (χ4v) is 5.09. The summed E-state index contributed by atoms with van der Waals surface area (Å²) in [6.45, 7) is 5.31. The zero-order valence-corrected chi connectivity index (χ0v) is 16.7. The lowest BCUT2D eigenvalue weighted by Crippen LogP contribution is -2.47. The first-order chi connectivity index (χ1) is 13.1. The lowest BCUT2D eigenvalue weighted by atomic mass is 9.84. The van der Waals surface area contributed by atoms with Crippen LogP contribution in [0.5, 0.6) is 0 Å². The number of carbonyl (C=O) groups is 1. The summed E-state index contributed by atoms with van der Waals surface area (Å²) in [7, 11) is 0. The highest BCUT2D eigenvalue weighted by Crippen LogP contribution is 2.30. The third-order valence-electron chi connectivity index (χ3n) is 6.75. The van der Waals surface area contributed by atoms with Crippen molar-refractivity contribution >= 4 is 5.91 Å². The molecule has 2 heterocycles. The smallest absolute Gasteiger partial charge is 0.274 e. The van der Waals surface area contributed by atoms with E-state index in [4.69, 9.17) is 5.10 Å². The lowest BCUT2D eigenvalue weighted by molar-refractivity contribution is 0.00227. The molecule has 6 heteroatoms. The maximum Gasteiger partial charge on any atom is 0.274 e. The maximum atomic E-state index is 13.0. The molecule has 3 aliphatic rings. The maximum absolute atomic E-state index is 13.0. The highest BCUT2D eigenvalue weighted by atomic mass is 16.3. The van der Waals surface area contributed by atoms with Gasteiger partial charge in [0.2, 0.25) is 0 Å². The molecule has 6 nitrogen and oxygen atoms in total. The van der Waals surface area contributed by atoms with Crippen LogP contribution in [0.2, 0.25) is 0 Å². The molecule has 2 aliphatic carbocycles. The molecular formula is C21H34N4O2. The quantitative estimate of drug-likeness (QED) is 0.830. The van der Waals surface area contributed by atoms with Crippen molar-refractivity contribution in [2.75, 3.05) is 19.6 Å². The van der Waals surface area contributed by atoms with Crippen molar-refractivity contribution in [2.24, 2.45) is 0 Å². The molecule has 1 aromatic rings. The van der Waals surface area contributed by atoms with Gasteiger partial charge < -0.3 is 15.3 Å². The predicted molar refractivity (Wildman–Crippen MR) is 105 cm³/mol. The van der Waals surface area contributed by atoms with Crippen molar-refractivity contribution in [1.82, 2.24) is 20.0 Å². The number of fused-ring (bicyclic) bond motifs is 1. The number of carbonyl (C=O) groups excluding carboxylic acids is 1. The lowest BCUT2D eigenvalue weighted by Gasteiger charge is -2.35. The number of nitrogens with one attached hydrogen (secondary N) is 1. The molecule has 1 atom stereocenters. The van der Waals surface area contributed by atoms with Crippen LogP contribution in [0, 0.1) is 0 Å². The molecule has 1 amide bonds. The van der Waals surface area contributed by atoms with Crippen LogP contribution >= 0.6 is 0 Å². The van der Waals surface area contributed by atoms with Crippen molar-refractivity contribution in [3.63, 3.8) is 0 Å². The summed E-state index contributed by atoms with van der Waals surface area (Å²) in [4.78, 5) is 15.0. The second-order valence-electron chi connectivity index (χ2n) is 8.69. The van der Waals surface area contributed by atoms with Crippen LogP contribution in [-0.4, -0.2) is 57.0 Å². The first-order valence-corrected chi connectivity index (χ1v) is 10.9. The molecule has 0 radical (unpaired) electrons. The van der Waals surface area contributed by atoms with Crippen molar-refractivity contribution in [3.8, 4) is 0 Å². The molecule has 1 saturated heterocycles. The molecule has 0 unspecified atom stereocenters. The Morgan fingerprint density at radius 2 is 1.96 bits per heavy atom. The van der Waals surface area contributed by atoms with Gasteiger partial charge in [0, 0.05) is 43.5 Å². The number of hydrogen-bond acceptors (Lipinski definition) is 4. The Labute approximate surface area is 162 Å². The number of aromatic nitrogens is 2. The highest BCUT2D eigenvalue weighted by Gasteiger charge is 2.34. The Morgan fingerprint density at radius 3 is 2.67 bits per heavy atom. The summed E-state index contributed by atoms with van der Waals surface area (Å²) in [5.74, 6) is 0.113. The van der Waals surface area contributed by atoms with Crippen LogP contribution in [0.1, 0.15) is 80.0 Å². The summed E-state index contributed by atoms with van der Waals surface area (Å²) < 4.78 is 2.03. The van der Waals surface area contributed by atoms with Gasteiger partial charge >= 0.3 is 0 Å². The zero-order valence-electron chi connectivity index (χ0n) is 16.7. The average Bonchev–Trinajstić information content (AvgIpc) is 3.34. The second-order valence-corrected chi connectivity index (χ2v) is 8.69. The van der Waals surface area contributed by atoms with E-state index in [1.54, 1.807) is 0 Å². The van der Waals surface area contributed by atoms with E-state index in [0.29, 0.717) is 18.3 Å². The van der Waals surface area contributed by atoms with Gasteiger partial charge in [-0.15, -0.1) is 0 Å². The molecule has 0 bridgehead atoms. The molecule has 1 saturated carbocycles. The van der Waals surface area contributed by atoms with Crippen LogP contribution in [0.15, 0.2) is 0 Å². The van der Waals surface area contributed by atoms with E-state index in [2.05, 4.69) is 12.2 Å². The van der Waals surface area contributed by atoms with Crippen LogP contribution < -0.4 is 5.32 Å². The van der Waals surface area contributed by atoms with Crippen molar-refractivity contribution in [3.05, 3.63) is 17.0 Å². The largest absolute Gasteiger partial charge is 0.389 e. The monoisotopic (exact) mass is 374 g/mol. The van der Waals surface area contributed by atoms with Crippen molar-refractivity contribution in [1.29, 1.82) is 0 Å². The minimum atomic E-state index is -0.541. The number of hydrogen-bond donors (Lipinski definition) is 2. The van der Waals surface area contributed by atoms with Gasteiger partial charge in [-0.3, -0.25) is 9.48 Å². The zero-order chi connectivity index (χ0) is 18.9. The predicted octanol–water partition coefficient (Wildman–Crippen LogP) is 2.28. The molecule has 4 rings (SSSR count). The SMILES string of the molecule is CCn1nc(C(=O)N2CCCC2)c2c1CC[C@H](NCC1(O)CCCCC1)C2. The fourth-order valence-electron chi connectivity index (χ4n) is 5.09. The number of aliphatic hydroxyl groups is 1. The Kier molecular flexibility index (Phi) is 5.55. The van der Waals surface area contributed by atoms with Crippen LogP contribution in [0.25, 0.3) is 0 Å². The molecule has 2 N–H and O–H groups in total. The third kappa shape index (κ3) is 3.92. The Balaban J connectivity index is 1.47. The van der Waals surface area contributed by atoms with E-state index in [-0.39, 0.29) is 5.91 Å².